The van der Waals surface area contributed by atoms with Gasteiger partial charge in [0.1, 0.15) is 5.75 Å². The van der Waals surface area contributed by atoms with Crippen LogP contribution in [0.15, 0.2) is 18.2 Å². The fourth-order valence-electron chi connectivity index (χ4n) is 0.996. The van der Waals surface area contributed by atoms with Crippen molar-refractivity contribution >= 4 is 11.8 Å². The molecule has 1 aromatic carbocycles. The lowest BCUT2D eigenvalue weighted by Gasteiger charge is -2.06. The van der Waals surface area contributed by atoms with Crippen LogP contribution in [0, 0.1) is 0 Å². The molecule has 0 aliphatic rings. The van der Waals surface area contributed by atoms with Crippen LogP contribution in [0.4, 0.5) is 10.5 Å². The van der Waals surface area contributed by atoms with Gasteiger partial charge in [-0.05, 0) is 18.2 Å². The van der Waals surface area contributed by atoms with E-state index in [2.05, 4.69) is 10.1 Å². The maximum atomic E-state index is 10.8. The minimum atomic E-state index is -0.557. The molecule has 0 fully saturated rings. The van der Waals surface area contributed by atoms with Crippen LogP contribution in [0.3, 0.4) is 0 Å². The summed E-state index contributed by atoms with van der Waals surface area (Å²) in [5, 5.41) is 11.8. The average Bonchev–Trinajstić information content (AvgIpc) is 2.20. The molecular formula is C9H12N2O3. The number of ether oxygens (including phenoxy) is 1. The number of phenols is 1. The summed E-state index contributed by atoms with van der Waals surface area (Å²) < 4.78 is 4.41. The van der Waals surface area contributed by atoms with Crippen molar-refractivity contribution in [3.8, 4) is 5.75 Å². The maximum Gasteiger partial charge on any atom is 0.411 e. The van der Waals surface area contributed by atoms with Gasteiger partial charge >= 0.3 is 6.09 Å². The first kappa shape index (κ1) is 10.3. The van der Waals surface area contributed by atoms with E-state index < -0.39 is 6.09 Å². The molecule has 0 aliphatic carbocycles. The number of phenolic OH excluding ortho intramolecular Hbond substituents is 1. The minimum Gasteiger partial charge on any atom is -0.508 e. The fourth-order valence-corrected chi connectivity index (χ4v) is 0.996. The highest BCUT2D eigenvalue weighted by atomic mass is 16.5. The lowest BCUT2D eigenvalue weighted by Crippen LogP contribution is -2.11. The van der Waals surface area contributed by atoms with Crippen LogP contribution >= 0.6 is 0 Å². The minimum absolute atomic E-state index is 0.114. The van der Waals surface area contributed by atoms with Gasteiger partial charge < -0.3 is 15.6 Å². The van der Waals surface area contributed by atoms with Crippen molar-refractivity contribution in [1.82, 2.24) is 0 Å². The number of carbonyl (C=O) groups is 1. The van der Waals surface area contributed by atoms with E-state index in [-0.39, 0.29) is 12.3 Å². The van der Waals surface area contributed by atoms with Crippen molar-refractivity contribution < 1.29 is 14.6 Å². The Hall–Kier alpha value is -1.75. The number of amides is 1. The third-order valence-electron chi connectivity index (χ3n) is 1.73. The van der Waals surface area contributed by atoms with Gasteiger partial charge in [0.2, 0.25) is 0 Å². The lowest BCUT2D eigenvalue weighted by molar-refractivity contribution is 0.187. The van der Waals surface area contributed by atoms with Crippen molar-refractivity contribution in [2.45, 2.75) is 6.54 Å². The van der Waals surface area contributed by atoms with E-state index >= 15 is 0 Å². The largest absolute Gasteiger partial charge is 0.508 e. The third kappa shape index (κ3) is 2.37. The van der Waals surface area contributed by atoms with Crippen molar-refractivity contribution in [3.05, 3.63) is 23.8 Å². The second-order valence-corrected chi connectivity index (χ2v) is 2.66. The Labute approximate surface area is 81.5 Å². The summed E-state index contributed by atoms with van der Waals surface area (Å²) in [5.74, 6) is 0.114. The molecule has 0 saturated carbocycles. The number of methoxy groups -OCH3 is 1. The molecule has 14 heavy (non-hydrogen) atoms. The molecule has 0 spiro atoms. The van der Waals surface area contributed by atoms with Crippen LogP contribution in [0.25, 0.3) is 0 Å². The molecule has 0 radical (unpaired) electrons. The second-order valence-electron chi connectivity index (χ2n) is 2.66. The number of anilines is 1. The lowest BCUT2D eigenvalue weighted by atomic mass is 10.2. The predicted octanol–water partition coefficient (Wildman–Crippen LogP) is 1.03. The first-order valence-corrected chi connectivity index (χ1v) is 4.04. The zero-order valence-electron chi connectivity index (χ0n) is 7.78. The number of rotatable bonds is 2. The summed E-state index contributed by atoms with van der Waals surface area (Å²) in [7, 11) is 1.28. The number of hydrogen-bond acceptors (Lipinski definition) is 4. The Balaban J connectivity index is 2.84. The van der Waals surface area contributed by atoms with Crippen molar-refractivity contribution in [3.63, 3.8) is 0 Å². The van der Waals surface area contributed by atoms with Gasteiger partial charge in [-0.1, -0.05) is 0 Å². The van der Waals surface area contributed by atoms with Gasteiger partial charge in [0.05, 0.1) is 7.11 Å². The molecule has 0 aromatic heterocycles. The number of benzene rings is 1. The Morgan fingerprint density at radius 3 is 2.93 bits per heavy atom. The Kier molecular flexibility index (Phi) is 3.30. The van der Waals surface area contributed by atoms with Crippen LogP contribution in [0.5, 0.6) is 5.75 Å². The van der Waals surface area contributed by atoms with Crippen molar-refractivity contribution in [1.29, 1.82) is 0 Å². The monoisotopic (exact) mass is 196 g/mol. The molecular weight excluding hydrogens is 184 g/mol. The van der Waals surface area contributed by atoms with Crippen molar-refractivity contribution in [2.75, 3.05) is 12.4 Å². The van der Waals surface area contributed by atoms with E-state index in [4.69, 9.17) is 5.73 Å². The molecule has 5 heteroatoms. The predicted molar refractivity (Wildman–Crippen MR) is 52.0 cm³/mol. The van der Waals surface area contributed by atoms with E-state index in [0.29, 0.717) is 11.3 Å². The van der Waals surface area contributed by atoms with Gasteiger partial charge in [-0.2, -0.15) is 0 Å². The Bertz CT molecular complexity index is 339. The van der Waals surface area contributed by atoms with Crippen LogP contribution in [0.2, 0.25) is 0 Å². The first-order valence-electron chi connectivity index (χ1n) is 4.04. The first-order chi connectivity index (χ1) is 6.67. The number of nitrogens with two attached hydrogens (primary N) is 1. The molecule has 0 unspecified atom stereocenters. The maximum absolute atomic E-state index is 10.8. The number of hydrogen-bond donors (Lipinski definition) is 3. The smallest absolute Gasteiger partial charge is 0.411 e. The summed E-state index contributed by atoms with van der Waals surface area (Å²) in [6, 6.07) is 4.62. The summed E-state index contributed by atoms with van der Waals surface area (Å²) in [6.45, 7) is 0.211. The van der Waals surface area contributed by atoms with Gasteiger partial charge in [-0.15, -0.1) is 0 Å². The van der Waals surface area contributed by atoms with E-state index in [1.807, 2.05) is 0 Å². The summed E-state index contributed by atoms with van der Waals surface area (Å²) in [6.07, 6.45) is -0.557. The fraction of sp³-hybridized carbons (Fsp3) is 0.222. The summed E-state index contributed by atoms with van der Waals surface area (Å²) >= 11 is 0. The summed E-state index contributed by atoms with van der Waals surface area (Å²) in [4.78, 5) is 10.8. The average molecular weight is 196 g/mol. The zero-order valence-corrected chi connectivity index (χ0v) is 7.78. The van der Waals surface area contributed by atoms with E-state index in [0.717, 1.165) is 0 Å². The molecule has 0 atom stereocenters. The number of carbonyl (C=O) groups excluding carboxylic acids is 1. The van der Waals surface area contributed by atoms with Gasteiger partial charge in [0.15, 0.2) is 0 Å². The molecule has 0 bridgehead atoms. The zero-order chi connectivity index (χ0) is 10.6. The standard InChI is InChI=1S/C9H12N2O3/c1-14-9(13)11-7-2-3-8(12)6(4-7)5-10/h2-4,12H,5,10H2,1H3,(H,11,13). The second kappa shape index (κ2) is 4.48. The third-order valence-corrected chi connectivity index (χ3v) is 1.73. The molecule has 0 heterocycles. The highest BCUT2D eigenvalue weighted by Gasteiger charge is 2.03. The quantitative estimate of drug-likeness (QED) is 0.617. The van der Waals surface area contributed by atoms with Gasteiger partial charge in [-0.3, -0.25) is 5.32 Å². The number of aromatic hydroxyl groups is 1. The molecule has 76 valence electrons. The Morgan fingerprint density at radius 2 is 2.36 bits per heavy atom. The van der Waals surface area contributed by atoms with Crippen LogP contribution in [0.1, 0.15) is 5.56 Å². The van der Waals surface area contributed by atoms with Gasteiger partial charge in [0, 0.05) is 17.8 Å². The van der Waals surface area contributed by atoms with Gasteiger partial charge in [-0.25, -0.2) is 4.79 Å². The molecule has 0 aliphatic heterocycles. The topological polar surface area (TPSA) is 84.6 Å². The van der Waals surface area contributed by atoms with E-state index in [9.17, 15) is 9.90 Å². The molecule has 4 N–H and O–H groups in total. The highest BCUT2D eigenvalue weighted by Crippen LogP contribution is 2.20. The highest BCUT2D eigenvalue weighted by molar-refractivity contribution is 5.84. The molecule has 1 amide bonds. The molecule has 1 aromatic rings. The molecule has 5 nitrogen and oxygen atoms in total. The van der Waals surface area contributed by atoms with E-state index in [1.54, 1.807) is 12.1 Å². The van der Waals surface area contributed by atoms with Crippen LogP contribution < -0.4 is 11.1 Å². The van der Waals surface area contributed by atoms with Crippen molar-refractivity contribution in [2.24, 2.45) is 5.73 Å². The number of nitrogens with one attached hydrogen (secondary N) is 1. The van der Waals surface area contributed by atoms with E-state index in [1.165, 1.54) is 13.2 Å². The normalized spacial score (nSPS) is 9.57. The van der Waals surface area contributed by atoms with Crippen LogP contribution in [-0.4, -0.2) is 18.3 Å². The molecule has 0 saturated heterocycles. The molecule has 1 rings (SSSR count). The SMILES string of the molecule is COC(=O)Nc1ccc(O)c(CN)c1. The van der Waals surface area contributed by atoms with Crippen LogP contribution in [-0.2, 0) is 11.3 Å². The summed E-state index contributed by atoms with van der Waals surface area (Å²) in [5.41, 5.74) is 6.48. The Morgan fingerprint density at radius 1 is 1.64 bits per heavy atom. The van der Waals surface area contributed by atoms with Gasteiger partial charge in [0.25, 0.3) is 0 Å².